The van der Waals surface area contributed by atoms with E-state index in [1.54, 1.807) is 7.11 Å². The molecule has 0 saturated heterocycles. The molecule has 0 aromatic carbocycles. The van der Waals surface area contributed by atoms with Crippen molar-refractivity contribution < 1.29 is 30.3 Å². The van der Waals surface area contributed by atoms with Crippen LogP contribution in [0.25, 0.3) is 0 Å². The van der Waals surface area contributed by atoms with E-state index in [0.29, 0.717) is 6.61 Å². The van der Waals surface area contributed by atoms with Crippen LogP contribution in [0.4, 0.5) is 0 Å². The topological polar surface area (TPSA) is 29.5 Å². The van der Waals surface area contributed by atoms with Crippen LogP contribution in [0.15, 0.2) is 0 Å². The first-order valence-corrected chi connectivity index (χ1v) is 1.51. The third-order valence-electron chi connectivity index (χ3n) is 0.295. The van der Waals surface area contributed by atoms with Gasteiger partial charge in [0.25, 0.3) is 0 Å². The molecular weight excluding hydrogens is 210 g/mol. The minimum Gasteiger partial charge on any atom is -0.394 e. The molecule has 2 nitrogen and oxygen atoms in total. The third kappa shape index (κ3) is 19.8. The minimum atomic E-state index is 0. The first kappa shape index (κ1) is 15.7. The molecule has 0 heterocycles. The van der Waals surface area contributed by atoms with Crippen LogP contribution in [0.5, 0.6) is 0 Å². The predicted molar refractivity (Wildman–Crippen MR) is 26.2 cm³/mol. The van der Waals surface area contributed by atoms with E-state index in [4.69, 9.17) is 5.11 Å². The van der Waals surface area contributed by atoms with E-state index in [1.807, 2.05) is 0 Å². The first-order valence-electron chi connectivity index (χ1n) is 1.51. The molecular formula is C3H9ClO2Pd. The van der Waals surface area contributed by atoms with E-state index >= 15 is 0 Å². The van der Waals surface area contributed by atoms with Gasteiger partial charge in [-0.3, -0.25) is 0 Å². The van der Waals surface area contributed by atoms with Gasteiger partial charge in [-0.2, -0.15) is 0 Å². The van der Waals surface area contributed by atoms with Crippen molar-refractivity contribution in [2.24, 2.45) is 0 Å². The van der Waals surface area contributed by atoms with Crippen LogP contribution in [0, 0.1) is 0 Å². The molecule has 0 aromatic rings. The second-order valence-electron chi connectivity index (χ2n) is 0.716. The van der Waals surface area contributed by atoms with Crippen molar-refractivity contribution in [2.45, 2.75) is 0 Å². The summed E-state index contributed by atoms with van der Waals surface area (Å²) in [5.74, 6) is 0. The van der Waals surface area contributed by atoms with Crippen LogP contribution in [0.2, 0.25) is 0 Å². The number of hydrogen-bond acceptors (Lipinski definition) is 2. The Bertz CT molecular complexity index is 20.4. The molecule has 0 aliphatic carbocycles. The van der Waals surface area contributed by atoms with Crippen LogP contribution < -0.4 is 0 Å². The summed E-state index contributed by atoms with van der Waals surface area (Å²) in [4.78, 5) is 0. The molecule has 4 heteroatoms. The monoisotopic (exact) mass is 218 g/mol. The molecule has 0 aliphatic rings. The summed E-state index contributed by atoms with van der Waals surface area (Å²) in [6.07, 6.45) is 0. The zero-order valence-electron chi connectivity index (χ0n) is 3.99. The van der Waals surface area contributed by atoms with E-state index in [1.165, 1.54) is 0 Å². The zero-order chi connectivity index (χ0) is 4.12. The molecule has 0 fully saturated rings. The molecule has 0 unspecified atom stereocenters. The van der Waals surface area contributed by atoms with Gasteiger partial charge in [-0.1, -0.05) is 0 Å². The van der Waals surface area contributed by atoms with Gasteiger partial charge in [0.15, 0.2) is 0 Å². The van der Waals surface area contributed by atoms with Crippen LogP contribution >= 0.6 is 12.4 Å². The maximum Gasteiger partial charge on any atom is 0.0693 e. The van der Waals surface area contributed by atoms with Crippen LogP contribution in [0.3, 0.4) is 0 Å². The fraction of sp³-hybridized carbons (Fsp3) is 1.00. The van der Waals surface area contributed by atoms with Gasteiger partial charge in [0.2, 0.25) is 0 Å². The zero-order valence-corrected chi connectivity index (χ0v) is 6.37. The van der Waals surface area contributed by atoms with Crippen molar-refractivity contribution in [1.82, 2.24) is 0 Å². The van der Waals surface area contributed by atoms with Gasteiger partial charge < -0.3 is 9.84 Å². The van der Waals surface area contributed by atoms with Crippen molar-refractivity contribution in [3.8, 4) is 0 Å². The van der Waals surface area contributed by atoms with E-state index in [9.17, 15) is 0 Å². The van der Waals surface area contributed by atoms with Gasteiger partial charge in [-0.25, -0.2) is 0 Å². The van der Waals surface area contributed by atoms with Gasteiger partial charge in [0.1, 0.15) is 0 Å². The summed E-state index contributed by atoms with van der Waals surface area (Å²) in [6.45, 7) is 0.566. The SMILES string of the molecule is COCCO.Cl.[Pd]. The molecule has 0 radical (unpaired) electrons. The van der Waals surface area contributed by atoms with Gasteiger partial charge in [0.05, 0.1) is 13.2 Å². The van der Waals surface area contributed by atoms with E-state index in [0.717, 1.165) is 0 Å². The molecule has 0 amide bonds. The molecule has 0 rings (SSSR count). The normalized spacial score (nSPS) is 6.00. The summed E-state index contributed by atoms with van der Waals surface area (Å²) in [5.41, 5.74) is 0. The van der Waals surface area contributed by atoms with Crippen LogP contribution in [0.1, 0.15) is 0 Å². The van der Waals surface area contributed by atoms with Gasteiger partial charge in [0, 0.05) is 27.5 Å². The number of ether oxygens (including phenoxy) is 1. The Morgan fingerprint density at radius 2 is 2.00 bits per heavy atom. The predicted octanol–water partition coefficient (Wildman–Crippen LogP) is 0.0444. The van der Waals surface area contributed by atoms with Crippen molar-refractivity contribution >= 4 is 12.4 Å². The summed E-state index contributed by atoms with van der Waals surface area (Å²) in [6, 6.07) is 0. The van der Waals surface area contributed by atoms with E-state index < -0.39 is 0 Å². The fourth-order valence-electron chi connectivity index (χ4n) is 0.0913. The van der Waals surface area contributed by atoms with E-state index in [2.05, 4.69) is 4.74 Å². The number of rotatable bonds is 2. The average Bonchev–Trinajstić information content (AvgIpc) is 1.41. The maximum absolute atomic E-state index is 7.94. The Hall–Kier alpha value is 0.872. The summed E-state index contributed by atoms with van der Waals surface area (Å²) >= 11 is 0. The largest absolute Gasteiger partial charge is 0.394 e. The third-order valence-corrected chi connectivity index (χ3v) is 0.295. The molecule has 0 bridgehead atoms. The molecule has 1 N–H and O–H groups in total. The summed E-state index contributed by atoms with van der Waals surface area (Å²) < 4.78 is 4.44. The second-order valence-corrected chi connectivity index (χ2v) is 0.716. The molecule has 0 aliphatic heterocycles. The quantitative estimate of drug-likeness (QED) is 0.664. The Balaban J connectivity index is -0.0000000800. The number of hydrogen-bond donors (Lipinski definition) is 1. The smallest absolute Gasteiger partial charge is 0.0693 e. The number of aliphatic hydroxyl groups excluding tert-OH is 1. The molecule has 0 atom stereocenters. The molecule has 0 spiro atoms. The second kappa shape index (κ2) is 15.8. The number of halogens is 1. The molecule has 0 aromatic heterocycles. The van der Waals surface area contributed by atoms with Crippen molar-refractivity contribution in [3.63, 3.8) is 0 Å². The number of aliphatic hydroxyl groups is 1. The Kier molecular flexibility index (Phi) is 35.4. The van der Waals surface area contributed by atoms with Crippen molar-refractivity contribution in [1.29, 1.82) is 0 Å². The standard InChI is InChI=1S/C3H8O2.ClH.Pd/c1-5-3-2-4;;/h4H,2-3H2,1H3;1H;. The van der Waals surface area contributed by atoms with Crippen LogP contribution in [-0.4, -0.2) is 25.4 Å². The maximum atomic E-state index is 7.94. The van der Waals surface area contributed by atoms with Gasteiger partial charge >= 0.3 is 0 Å². The first-order chi connectivity index (χ1) is 2.41. The minimum absolute atomic E-state index is 0. The van der Waals surface area contributed by atoms with Crippen molar-refractivity contribution in [2.75, 3.05) is 20.3 Å². The number of methoxy groups -OCH3 is 1. The fourth-order valence-corrected chi connectivity index (χ4v) is 0.0913. The van der Waals surface area contributed by atoms with Crippen LogP contribution in [-0.2, 0) is 25.2 Å². The molecule has 50 valence electrons. The Morgan fingerprint density at radius 1 is 1.57 bits per heavy atom. The average molecular weight is 219 g/mol. The van der Waals surface area contributed by atoms with Gasteiger partial charge in [-0.15, -0.1) is 12.4 Å². The van der Waals surface area contributed by atoms with Crippen molar-refractivity contribution in [3.05, 3.63) is 0 Å². The Morgan fingerprint density at radius 3 is 2.00 bits per heavy atom. The molecule has 7 heavy (non-hydrogen) atoms. The van der Waals surface area contributed by atoms with E-state index in [-0.39, 0.29) is 39.4 Å². The summed E-state index contributed by atoms with van der Waals surface area (Å²) in [5, 5.41) is 7.94. The summed E-state index contributed by atoms with van der Waals surface area (Å²) in [7, 11) is 1.55. The Labute approximate surface area is 63.3 Å². The molecule has 0 saturated carbocycles. The van der Waals surface area contributed by atoms with Gasteiger partial charge in [-0.05, 0) is 0 Å².